The number of fused-ring (bicyclic) bond motifs is 2. The number of aromatic nitrogens is 1. The smallest absolute Gasteiger partial charge is 0.254 e. The zero-order chi connectivity index (χ0) is 25.2. The van der Waals surface area contributed by atoms with Crippen LogP contribution in [0.2, 0.25) is 0 Å². The minimum atomic E-state index is -0.553. The van der Waals surface area contributed by atoms with Crippen molar-refractivity contribution in [2.45, 2.75) is 6.54 Å². The standard InChI is InChI=1S/C27H23FN4O4/c1-35-24-12-19-21(9-10-29-23(19)13-25(24)36-2)31-22-8-7-17(11-20(22)28)30-26(33)15-32-14-16-5-3-4-6-18(16)27(32)34/h3-13H,14-15H2,1-2H3,(H,29,31)(H,30,33). The third kappa shape index (κ3) is 4.38. The van der Waals surface area contributed by atoms with Crippen LogP contribution in [0.4, 0.5) is 21.5 Å². The van der Waals surface area contributed by atoms with Crippen LogP contribution in [0.1, 0.15) is 15.9 Å². The summed E-state index contributed by atoms with van der Waals surface area (Å²) in [5.74, 6) is -0.0785. The van der Waals surface area contributed by atoms with Gasteiger partial charge in [-0.15, -0.1) is 0 Å². The van der Waals surface area contributed by atoms with Gasteiger partial charge in [0.15, 0.2) is 11.5 Å². The number of hydrogen-bond acceptors (Lipinski definition) is 6. The largest absolute Gasteiger partial charge is 0.493 e. The van der Waals surface area contributed by atoms with Crippen LogP contribution >= 0.6 is 0 Å². The first kappa shape index (κ1) is 23.1. The van der Waals surface area contributed by atoms with Gasteiger partial charge in [0.25, 0.3) is 5.91 Å². The van der Waals surface area contributed by atoms with Crippen LogP contribution in [0, 0.1) is 5.82 Å². The molecule has 5 rings (SSSR count). The topological polar surface area (TPSA) is 92.8 Å². The van der Waals surface area contributed by atoms with Gasteiger partial charge in [0.2, 0.25) is 5.91 Å². The van der Waals surface area contributed by atoms with Gasteiger partial charge < -0.3 is 25.0 Å². The lowest BCUT2D eigenvalue weighted by molar-refractivity contribution is -0.116. The summed E-state index contributed by atoms with van der Waals surface area (Å²) in [6, 6.07) is 16.9. The molecule has 1 aliphatic rings. The van der Waals surface area contributed by atoms with E-state index in [2.05, 4.69) is 15.6 Å². The van der Waals surface area contributed by atoms with E-state index in [1.807, 2.05) is 12.1 Å². The summed E-state index contributed by atoms with van der Waals surface area (Å²) in [6.07, 6.45) is 1.61. The lowest BCUT2D eigenvalue weighted by atomic mass is 10.1. The second-order valence-corrected chi connectivity index (χ2v) is 8.27. The van der Waals surface area contributed by atoms with Crippen LogP contribution in [0.25, 0.3) is 10.9 Å². The first-order valence-corrected chi connectivity index (χ1v) is 11.2. The lowest BCUT2D eigenvalue weighted by Crippen LogP contribution is -2.33. The maximum Gasteiger partial charge on any atom is 0.254 e. The van der Waals surface area contributed by atoms with Gasteiger partial charge in [-0.05, 0) is 42.0 Å². The summed E-state index contributed by atoms with van der Waals surface area (Å²) < 4.78 is 25.7. The van der Waals surface area contributed by atoms with Gasteiger partial charge in [0.05, 0.1) is 25.4 Å². The van der Waals surface area contributed by atoms with Gasteiger partial charge >= 0.3 is 0 Å². The summed E-state index contributed by atoms with van der Waals surface area (Å²) in [4.78, 5) is 30.8. The second kappa shape index (κ2) is 9.53. The van der Waals surface area contributed by atoms with E-state index in [9.17, 15) is 14.0 Å². The van der Waals surface area contributed by atoms with Gasteiger partial charge in [0, 0.05) is 41.1 Å². The molecule has 8 nitrogen and oxygen atoms in total. The Labute approximate surface area is 206 Å². The zero-order valence-corrected chi connectivity index (χ0v) is 19.7. The predicted octanol–water partition coefficient (Wildman–Crippen LogP) is 4.73. The molecular weight excluding hydrogens is 463 g/mol. The molecule has 2 amide bonds. The molecular formula is C27H23FN4O4. The molecule has 0 spiro atoms. The molecule has 0 radical (unpaired) electrons. The molecule has 2 heterocycles. The molecule has 0 aliphatic carbocycles. The van der Waals surface area contributed by atoms with Crippen LogP contribution < -0.4 is 20.1 Å². The van der Waals surface area contributed by atoms with Gasteiger partial charge in [-0.25, -0.2) is 4.39 Å². The highest BCUT2D eigenvalue weighted by molar-refractivity contribution is 6.02. The average Bonchev–Trinajstić information content (AvgIpc) is 3.19. The average molecular weight is 487 g/mol. The van der Waals surface area contributed by atoms with E-state index < -0.39 is 11.7 Å². The van der Waals surface area contributed by atoms with E-state index >= 15 is 0 Å². The number of anilines is 3. The predicted molar refractivity (Wildman–Crippen MR) is 134 cm³/mol. The molecule has 0 saturated heterocycles. The second-order valence-electron chi connectivity index (χ2n) is 8.27. The molecule has 0 saturated carbocycles. The highest BCUT2D eigenvalue weighted by atomic mass is 19.1. The van der Waals surface area contributed by atoms with Crippen molar-refractivity contribution in [3.8, 4) is 11.5 Å². The number of carbonyl (C=O) groups excluding carboxylic acids is 2. The van der Waals surface area contributed by atoms with Crippen molar-refractivity contribution < 1.29 is 23.5 Å². The van der Waals surface area contributed by atoms with E-state index in [1.165, 1.54) is 24.1 Å². The number of ether oxygens (including phenoxy) is 2. The molecule has 0 unspecified atom stereocenters. The first-order chi connectivity index (χ1) is 17.5. The summed E-state index contributed by atoms with van der Waals surface area (Å²) >= 11 is 0. The summed E-state index contributed by atoms with van der Waals surface area (Å²) in [5.41, 5.74) is 3.28. The number of hydrogen-bond donors (Lipinski definition) is 2. The Morgan fingerprint density at radius 3 is 2.56 bits per heavy atom. The van der Waals surface area contributed by atoms with Crippen molar-refractivity contribution in [2.24, 2.45) is 0 Å². The fraction of sp³-hybridized carbons (Fsp3) is 0.148. The van der Waals surface area contributed by atoms with Crippen LogP contribution in [0.5, 0.6) is 11.5 Å². The Morgan fingerprint density at radius 1 is 1.03 bits per heavy atom. The lowest BCUT2D eigenvalue weighted by Gasteiger charge is -2.16. The number of carbonyl (C=O) groups is 2. The molecule has 9 heteroatoms. The summed E-state index contributed by atoms with van der Waals surface area (Å²) in [6.45, 7) is 0.250. The highest BCUT2D eigenvalue weighted by Gasteiger charge is 2.28. The fourth-order valence-corrected chi connectivity index (χ4v) is 4.24. The molecule has 182 valence electrons. The molecule has 3 aromatic carbocycles. The maximum absolute atomic E-state index is 15.0. The van der Waals surface area contributed by atoms with Crippen LogP contribution in [-0.4, -0.2) is 42.5 Å². The molecule has 0 bridgehead atoms. The van der Waals surface area contributed by atoms with E-state index in [0.717, 1.165) is 10.9 Å². The Balaban J connectivity index is 1.29. The van der Waals surface area contributed by atoms with Gasteiger partial charge in [-0.1, -0.05) is 18.2 Å². The number of nitrogens with zero attached hydrogens (tertiary/aromatic N) is 2. The number of pyridine rings is 1. The van der Waals surface area contributed by atoms with Crippen molar-refractivity contribution in [3.63, 3.8) is 0 Å². The van der Waals surface area contributed by atoms with Gasteiger partial charge in [-0.2, -0.15) is 0 Å². The normalized spacial score (nSPS) is 12.4. The Bertz CT molecular complexity index is 1490. The number of amides is 2. The van der Waals surface area contributed by atoms with Crippen molar-refractivity contribution >= 4 is 39.8 Å². The number of rotatable bonds is 7. The molecule has 1 aromatic heterocycles. The van der Waals surface area contributed by atoms with Crippen molar-refractivity contribution in [2.75, 3.05) is 31.4 Å². The molecule has 0 fully saturated rings. The van der Waals surface area contributed by atoms with E-state index in [-0.39, 0.29) is 18.1 Å². The minimum Gasteiger partial charge on any atom is -0.493 e. The van der Waals surface area contributed by atoms with E-state index in [4.69, 9.17) is 9.47 Å². The number of nitrogens with one attached hydrogen (secondary N) is 2. The van der Waals surface area contributed by atoms with Crippen LogP contribution in [0.3, 0.4) is 0 Å². The zero-order valence-electron chi connectivity index (χ0n) is 19.7. The fourth-order valence-electron chi connectivity index (χ4n) is 4.24. The Hall–Kier alpha value is -4.66. The molecule has 1 aliphatic heterocycles. The minimum absolute atomic E-state index is 0.122. The van der Waals surface area contributed by atoms with Crippen LogP contribution in [0.15, 0.2) is 66.9 Å². The highest BCUT2D eigenvalue weighted by Crippen LogP contribution is 2.35. The van der Waals surface area contributed by atoms with E-state index in [0.29, 0.717) is 40.5 Å². The third-order valence-corrected chi connectivity index (χ3v) is 6.00. The third-order valence-electron chi connectivity index (χ3n) is 6.00. The Kier molecular flexibility index (Phi) is 6.12. The van der Waals surface area contributed by atoms with E-state index in [1.54, 1.807) is 49.7 Å². The summed E-state index contributed by atoms with van der Waals surface area (Å²) in [5, 5.41) is 6.47. The molecule has 4 aromatic rings. The van der Waals surface area contributed by atoms with Crippen molar-refractivity contribution in [3.05, 3.63) is 83.8 Å². The van der Waals surface area contributed by atoms with Crippen molar-refractivity contribution in [1.82, 2.24) is 9.88 Å². The van der Waals surface area contributed by atoms with Crippen LogP contribution in [-0.2, 0) is 11.3 Å². The SMILES string of the molecule is COc1cc2nccc(Nc3ccc(NC(=O)CN4Cc5ccccc5C4=O)cc3F)c2cc1OC. The summed E-state index contributed by atoms with van der Waals surface area (Å²) in [7, 11) is 3.09. The molecule has 0 atom stereocenters. The molecule has 36 heavy (non-hydrogen) atoms. The Morgan fingerprint density at radius 2 is 1.81 bits per heavy atom. The van der Waals surface area contributed by atoms with Crippen molar-refractivity contribution in [1.29, 1.82) is 0 Å². The quantitative estimate of drug-likeness (QED) is 0.392. The first-order valence-electron chi connectivity index (χ1n) is 11.2. The maximum atomic E-state index is 15.0. The van der Waals surface area contributed by atoms with Gasteiger partial charge in [-0.3, -0.25) is 14.6 Å². The number of methoxy groups -OCH3 is 2. The number of benzene rings is 3. The number of halogens is 1. The monoisotopic (exact) mass is 486 g/mol. The van der Waals surface area contributed by atoms with Gasteiger partial charge in [0.1, 0.15) is 12.4 Å². The molecule has 2 N–H and O–H groups in total.